The van der Waals surface area contributed by atoms with Gasteiger partial charge in [-0.2, -0.15) is 0 Å². The maximum atomic E-state index is 13.0. The molecule has 0 spiro atoms. The maximum absolute atomic E-state index is 13.0. The summed E-state index contributed by atoms with van der Waals surface area (Å²) < 4.78 is 1.00. The molecule has 2 amide bonds. The molecule has 2 aromatic rings. The van der Waals surface area contributed by atoms with Gasteiger partial charge in [-0.25, -0.2) is 0 Å². The minimum atomic E-state index is -0.0494. The normalized spacial score (nSPS) is 14.0. The average molecular weight is 430 g/mol. The van der Waals surface area contributed by atoms with Crippen LogP contribution in [0.2, 0.25) is 0 Å². The Morgan fingerprint density at radius 1 is 1.00 bits per heavy atom. The molecule has 0 saturated carbocycles. The highest BCUT2D eigenvalue weighted by molar-refractivity contribution is 9.10. The first-order valence-electron chi connectivity index (χ1n) is 9.21. The number of benzene rings is 2. The van der Waals surface area contributed by atoms with Gasteiger partial charge < -0.3 is 15.1 Å². The van der Waals surface area contributed by atoms with E-state index in [1.54, 1.807) is 4.90 Å². The van der Waals surface area contributed by atoms with Gasteiger partial charge in [0.1, 0.15) is 0 Å². The fourth-order valence-corrected chi connectivity index (χ4v) is 3.39. The lowest BCUT2D eigenvalue weighted by Gasteiger charge is -2.29. The molecule has 0 aliphatic carbocycles. The number of carbonyl (C=O) groups is 2. The van der Waals surface area contributed by atoms with Crippen LogP contribution >= 0.6 is 15.9 Å². The van der Waals surface area contributed by atoms with Crippen LogP contribution < -0.4 is 5.32 Å². The summed E-state index contributed by atoms with van der Waals surface area (Å²) in [6.07, 6.45) is 0.342. The fraction of sp³-hybridized carbons (Fsp3) is 0.333. The highest BCUT2D eigenvalue weighted by Crippen LogP contribution is 2.15. The number of halogens is 1. The zero-order chi connectivity index (χ0) is 19.1. The third kappa shape index (κ3) is 5.65. The molecular weight excluding hydrogens is 406 g/mol. The van der Waals surface area contributed by atoms with Crippen molar-refractivity contribution in [1.29, 1.82) is 0 Å². The van der Waals surface area contributed by atoms with Gasteiger partial charge in [-0.1, -0.05) is 46.3 Å². The molecular formula is C21H24BrN3O2. The molecule has 1 aliphatic rings. The quantitative estimate of drug-likeness (QED) is 0.767. The van der Waals surface area contributed by atoms with Crippen LogP contribution in [0, 0.1) is 0 Å². The summed E-state index contributed by atoms with van der Waals surface area (Å²) in [6.45, 7) is 4.02. The van der Waals surface area contributed by atoms with E-state index in [1.165, 1.54) is 0 Å². The zero-order valence-electron chi connectivity index (χ0n) is 15.2. The SMILES string of the molecule is O=C(CCN(Cc1ccc(Br)cc1)C(=O)c1ccccc1)N1CCNCC1. The highest BCUT2D eigenvalue weighted by Gasteiger charge is 2.20. The molecule has 0 bridgehead atoms. The molecule has 3 rings (SSSR count). The van der Waals surface area contributed by atoms with Crippen molar-refractivity contribution in [3.63, 3.8) is 0 Å². The smallest absolute Gasteiger partial charge is 0.254 e. The van der Waals surface area contributed by atoms with Gasteiger partial charge in [0.2, 0.25) is 5.91 Å². The molecule has 0 unspecified atom stereocenters. The third-order valence-electron chi connectivity index (χ3n) is 4.66. The van der Waals surface area contributed by atoms with Crippen molar-refractivity contribution in [2.45, 2.75) is 13.0 Å². The van der Waals surface area contributed by atoms with Crippen molar-refractivity contribution < 1.29 is 9.59 Å². The molecule has 1 fully saturated rings. The number of amides is 2. The van der Waals surface area contributed by atoms with Crippen LogP contribution in [-0.4, -0.2) is 54.3 Å². The summed E-state index contributed by atoms with van der Waals surface area (Å²) in [5.74, 6) is 0.0600. The van der Waals surface area contributed by atoms with E-state index in [0.717, 1.165) is 36.2 Å². The fourth-order valence-electron chi connectivity index (χ4n) is 3.13. The Labute approximate surface area is 168 Å². The Balaban J connectivity index is 1.69. The summed E-state index contributed by atoms with van der Waals surface area (Å²) in [6, 6.07) is 17.2. The number of carbonyl (C=O) groups excluding carboxylic acids is 2. The number of nitrogens with one attached hydrogen (secondary N) is 1. The van der Waals surface area contributed by atoms with Crippen LogP contribution in [0.5, 0.6) is 0 Å². The lowest BCUT2D eigenvalue weighted by molar-refractivity contribution is -0.132. The Bertz CT molecular complexity index is 759. The van der Waals surface area contributed by atoms with Crippen molar-refractivity contribution in [2.24, 2.45) is 0 Å². The first-order chi connectivity index (χ1) is 13.1. The molecule has 5 nitrogen and oxygen atoms in total. The number of hydrogen-bond acceptors (Lipinski definition) is 3. The number of nitrogens with zero attached hydrogens (tertiary/aromatic N) is 2. The minimum Gasteiger partial charge on any atom is -0.340 e. The second-order valence-electron chi connectivity index (χ2n) is 6.60. The first-order valence-corrected chi connectivity index (χ1v) is 10.00. The van der Waals surface area contributed by atoms with E-state index in [2.05, 4.69) is 21.2 Å². The lowest BCUT2D eigenvalue weighted by atomic mass is 10.1. The lowest BCUT2D eigenvalue weighted by Crippen LogP contribution is -2.47. The van der Waals surface area contributed by atoms with Gasteiger partial charge in [0.15, 0.2) is 0 Å². The summed E-state index contributed by atoms with van der Waals surface area (Å²) in [4.78, 5) is 29.1. The van der Waals surface area contributed by atoms with Crippen molar-refractivity contribution in [3.05, 3.63) is 70.2 Å². The van der Waals surface area contributed by atoms with Crippen LogP contribution in [0.25, 0.3) is 0 Å². The molecule has 27 heavy (non-hydrogen) atoms. The van der Waals surface area contributed by atoms with Crippen LogP contribution in [0.15, 0.2) is 59.1 Å². The Morgan fingerprint density at radius 2 is 1.67 bits per heavy atom. The van der Waals surface area contributed by atoms with Gasteiger partial charge in [0.05, 0.1) is 0 Å². The molecule has 1 aliphatic heterocycles. The number of piperazine rings is 1. The molecule has 0 radical (unpaired) electrons. The molecule has 2 aromatic carbocycles. The Morgan fingerprint density at radius 3 is 2.33 bits per heavy atom. The van der Waals surface area contributed by atoms with E-state index in [-0.39, 0.29) is 11.8 Å². The third-order valence-corrected chi connectivity index (χ3v) is 5.19. The van der Waals surface area contributed by atoms with Gasteiger partial charge in [-0.15, -0.1) is 0 Å². The Kier molecular flexibility index (Phi) is 7.01. The van der Waals surface area contributed by atoms with Crippen LogP contribution in [0.3, 0.4) is 0 Å². The predicted octanol–water partition coefficient (Wildman–Crippen LogP) is 2.91. The topological polar surface area (TPSA) is 52.7 Å². The molecule has 1 N–H and O–H groups in total. The molecule has 1 heterocycles. The van der Waals surface area contributed by atoms with E-state index in [4.69, 9.17) is 0 Å². The standard InChI is InChI=1S/C21H24BrN3O2/c22-19-8-6-17(7-9-19)16-25(21(27)18-4-2-1-3-5-18)13-10-20(26)24-14-11-23-12-15-24/h1-9,23H,10-16H2. The van der Waals surface area contributed by atoms with Gasteiger partial charge in [-0.05, 0) is 29.8 Å². The Hall–Kier alpha value is -2.18. The van der Waals surface area contributed by atoms with Crippen LogP contribution in [0.4, 0.5) is 0 Å². The monoisotopic (exact) mass is 429 g/mol. The van der Waals surface area contributed by atoms with E-state index < -0.39 is 0 Å². The second-order valence-corrected chi connectivity index (χ2v) is 7.52. The summed E-state index contributed by atoms with van der Waals surface area (Å²) >= 11 is 3.44. The van der Waals surface area contributed by atoms with E-state index in [9.17, 15) is 9.59 Å². The first kappa shape index (κ1) is 19.6. The number of rotatable bonds is 6. The highest BCUT2D eigenvalue weighted by atomic mass is 79.9. The predicted molar refractivity (Wildman–Crippen MR) is 109 cm³/mol. The summed E-state index contributed by atoms with van der Waals surface area (Å²) in [7, 11) is 0. The summed E-state index contributed by atoms with van der Waals surface area (Å²) in [5, 5.41) is 3.25. The van der Waals surface area contributed by atoms with Crippen molar-refractivity contribution in [1.82, 2.24) is 15.1 Å². The van der Waals surface area contributed by atoms with Gasteiger partial charge in [-0.3, -0.25) is 9.59 Å². The van der Waals surface area contributed by atoms with Crippen LogP contribution in [-0.2, 0) is 11.3 Å². The van der Waals surface area contributed by atoms with Gasteiger partial charge >= 0.3 is 0 Å². The van der Waals surface area contributed by atoms with Crippen molar-refractivity contribution in [2.75, 3.05) is 32.7 Å². The molecule has 6 heteroatoms. The summed E-state index contributed by atoms with van der Waals surface area (Å²) in [5.41, 5.74) is 1.68. The average Bonchev–Trinajstić information content (AvgIpc) is 2.73. The molecule has 142 valence electrons. The van der Waals surface area contributed by atoms with Crippen molar-refractivity contribution >= 4 is 27.7 Å². The minimum absolute atomic E-state index is 0.0494. The molecule has 0 atom stereocenters. The number of hydrogen-bond donors (Lipinski definition) is 1. The van der Waals surface area contributed by atoms with Gasteiger partial charge in [0, 0.05) is 55.7 Å². The largest absolute Gasteiger partial charge is 0.340 e. The van der Waals surface area contributed by atoms with Crippen LogP contribution in [0.1, 0.15) is 22.3 Å². The molecule has 0 aromatic heterocycles. The van der Waals surface area contributed by atoms with Crippen molar-refractivity contribution in [3.8, 4) is 0 Å². The maximum Gasteiger partial charge on any atom is 0.254 e. The second kappa shape index (κ2) is 9.67. The van der Waals surface area contributed by atoms with E-state index >= 15 is 0 Å². The van der Waals surface area contributed by atoms with E-state index in [1.807, 2.05) is 59.5 Å². The van der Waals surface area contributed by atoms with E-state index in [0.29, 0.717) is 25.1 Å². The molecule has 1 saturated heterocycles. The van der Waals surface area contributed by atoms with Gasteiger partial charge in [0.25, 0.3) is 5.91 Å². The zero-order valence-corrected chi connectivity index (χ0v) is 16.8.